The Kier molecular flexibility index (Phi) is 7.27. The number of methoxy groups -OCH3 is 1. The summed E-state index contributed by atoms with van der Waals surface area (Å²) in [5.41, 5.74) is -0.634. The van der Waals surface area contributed by atoms with Crippen molar-refractivity contribution in [1.29, 1.82) is 0 Å². The van der Waals surface area contributed by atoms with Crippen LogP contribution in [-0.2, 0) is 14.2 Å². The van der Waals surface area contributed by atoms with Crippen LogP contribution < -0.4 is 9.47 Å². The van der Waals surface area contributed by atoms with E-state index in [0.29, 0.717) is 29.7 Å². The molecule has 5 aliphatic rings. The highest BCUT2D eigenvalue weighted by Gasteiger charge is 2.70. The molecule has 5 fully saturated rings. The summed E-state index contributed by atoms with van der Waals surface area (Å²) in [7, 11) is 0.494. The van der Waals surface area contributed by atoms with Crippen LogP contribution in [0.4, 0.5) is 22.4 Å². The molecule has 13 heteroatoms. The molecule has 4 aliphatic carbocycles. The number of rotatable bonds is 5. The quantitative estimate of drug-likeness (QED) is 0.0954. The minimum atomic E-state index is -4.38. The summed E-state index contributed by atoms with van der Waals surface area (Å²) in [6.45, 7) is -1.24. The Morgan fingerprint density at radius 3 is 1.96 bits per heavy atom. The van der Waals surface area contributed by atoms with Gasteiger partial charge in [0.15, 0.2) is 26.7 Å². The van der Waals surface area contributed by atoms with Gasteiger partial charge in [0.1, 0.15) is 24.4 Å². The van der Waals surface area contributed by atoms with E-state index in [1.807, 2.05) is 48.5 Å². The van der Waals surface area contributed by atoms with E-state index < -0.39 is 70.9 Å². The predicted molar refractivity (Wildman–Crippen MR) is 171 cm³/mol. The monoisotopic (exact) mass is 701 g/mol. The number of hydrogen-bond acceptors (Lipinski definition) is 7. The normalized spacial score (nSPS) is 27.7. The lowest BCUT2D eigenvalue weighted by Gasteiger charge is -2.62. The molecule has 1 N–H and O–H groups in total. The van der Waals surface area contributed by atoms with E-state index in [9.17, 15) is 32.3 Å². The van der Waals surface area contributed by atoms with Crippen molar-refractivity contribution in [3.8, 4) is 16.4 Å². The fraction of sp³-hybridized carbons (Fsp3) is 0.444. The number of hydrogen-bond donors (Lipinski definition) is 1. The van der Waals surface area contributed by atoms with Gasteiger partial charge < -0.3 is 28.8 Å². The minimum Gasteiger partial charge on any atom is -0.493 e. The van der Waals surface area contributed by atoms with Crippen LogP contribution in [0.25, 0.3) is 25.1 Å². The van der Waals surface area contributed by atoms with Crippen molar-refractivity contribution in [2.45, 2.75) is 62.3 Å². The third kappa shape index (κ3) is 4.83. The maximum atomic E-state index is 14.3. The van der Waals surface area contributed by atoms with Crippen LogP contribution in [0.15, 0.2) is 54.6 Å². The summed E-state index contributed by atoms with van der Waals surface area (Å²) in [5, 5.41) is 12.4. The van der Waals surface area contributed by atoms with Crippen molar-refractivity contribution in [3.63, 3.8) is 0 Å². The summed E-state index contributed by atoms with van der Waals surface area (Å²) < 4.78 is 87.5. The second-order valence-electron chi connectivity index (χ2n) is 13.7. The van der Waals surface area contributed by atoms with Gasteiger partial charge in [-0.25, -0.2) is 9.59 Å². The van der Waals surface area contributed by atoms with Crippen molar-refractivity contribution in [3.05, 3.63) is 65.7 Å². The Balaban J connectivity index is 1.13. The molecule has 1 saturated heterocycles. The van der Waals surface area contributed by atoms with Gasteiger partial charge in [0.25, 0.3) is 0 Å². The van der Waals surface area contributed by atoms with Crippen molar-refractivity contribution >= 4 is 42.8 Å². The number of benzene rings is 3. The zero-order valence-electron chi connectivity index (χ0n) is 26.6. The lowest BCUT2D eigenvalue weighted by molar-refractivity contribution is -0.354. The highest BCUT2D eigenvalue weighted by atomic mass is 32.2. The van der Waals surface area contributed by atoms with Crippen LogP contribution in [0, 0.1) is 24.7 Å². The summed E-state index contributed by atoms with van der Waals surface area (Å²) in [6.07, 6.45) is 0.805. The second-order valence-corrected chi connectivity index (χ2v) is 15.6. The van der Waals surface area contributed by atoms with E-state index in [1.54, 1.807) is 6.92 Å². The largest absolute Gasteiger partial charge is 0.514 e. The minimum absolute atomic E-state index is 0.0100. The molecule has 1 aliphatic heterocycles. The molecule has 2 heterocycles. The highest BCUT2D eigenvalue weighted by molar-refractivity contribution is 7.50. The standard InChI is InChI=1S/C36H32F4O8S/c1-19-29(26(44-2)13-25(31(41)42)30(19)49-27-9-5-3-7-23(27)24-8-4-6-10-28(24)49)47-32(43)48-33-14-20-11-21(15-33)36(22(12-20)16-33)45-17-34(37,38)35(39,40)18-46-36/h3-10,13,20-22H,11-12,14-18H2,1-2H3/p+1. The Hall–Kier alpha value is -3.94. The molecule has 4 aromatic rings. The third-order valence-electron chi connectivity index (χ3n) is 10.8. The average Bonchev–Trinajstić information content (AvgIpc) is 3.33. The number of thiophene rings is 1. The van der Waals surface area contributed by atoms with Crippen LogP contribution in [-0.4, -0.2) is 60.8 Å². The Labute approximate surface area is 280 Å². The molecular formula is C36H33F4O8S+. The maximum Gasteiger partial charge on any atom is 0.514 e. The molecule has 2 atom stereocenters. The molecule has 0 radical (unpaired) electrons. The molecule has 1 spiro atoms. The molecule has 4 bridgehead atoms. The summed E-state index contributed by atoms with van der Waals surface area (Å²) in [5.74, 6) is -12.5. The van der Waals surface area contributed by atoms with Crippen LogP contribution in [0.5, 0.6) is 11.5 Å². The van der Waals surface area contributed by atoms with Gasteiger partial charge in [0, 0.05) is 39.1 Å². The van der Waals surface area contributed by atoms with E-state index in [0.717, 1.165) is 20.2 Å². The maximum absolute atomic E-state index is 14.3. The molecule has 49 heavy (non-hydrogen) atoms. The van der Waals surface area contributed by atoms with Gasteiger partial charge in [-0.3, -0.25) is 0 Å². The van der Waals surface area contributed by atoms with Crippen molar-refractivity contribution < 1.29 is 55.9 Å². The number of fused-ring (bicyclic) bond motifs is 3. The van der Waals surface area contributed by atoms with Gasteiger partial charge in [-0.2, -0.15) is 17.6 Å². The number of alkyl halides is 4. The fourth-order valence-corrected chi connectivity index (χ4v) is 11.6. The molecule has 3 aromatic carbocycles. The molecular weight excluding hydrogens is 668 g/mol. The van der Waals surface area contributed by atoms with Crippen molar-refractivity contribution in [2.75, 3.05) is 20.3 Å². The number of halogens is 4. The molecule has 258 valence electrons. The molecule has 2 unspecified atom stereocenters. The fourth-order valence-electron chi connectivity index (χ4n) is 8.92. The number of carbonyl (C=O) groups is 2. The number of aromatic carboxylic acids is 1. The van der Waals surface area contributed by atoms with E-state index in [1.165, 1.54) is 13.2 Å². The van der Waals surface area contributed by atoms with Crippen LogP contribution >= 0.6 is 10.5 Å². The number of carbonyl (C=O) groups excluding carboxylic acids is 1. The Morgan fingerprint density at radius 1 is 0.878 bits per heavy atom. The molecule has 4 saturated carbocycles. The summed E-state index contributed by atoms with van der Waals surface area (Å²) >= 11 is 0. The number of carboxylic acid groups (broad SMARTS) is 1. The first-order chi connectivity index (χ1) is 23.3. The van der Waals surface area contributed by atoms with Gasteiger partial charge in [0.2, 0.25) is 4.90 Å². The average molecular weight is 702 g/mol. The lowest BCUT2D eigenvalue weighted by Crippen LogP contribution is -2.66. The second kappa shape index (κ2) is 11.0. The first kappa shape index (κ1) is 32.3. The van der Waals surface area contributed by atoms with E-state index in [-0.39, 0.29) is 35.8 Å². The summed E-state index contributed by atoms with van der Waals surface area (Å²) in [6, 6.07) is 16.9. The van der Waals surface area contributed by atoms with Gasteiger partial charge in [0.05, 0.1) is 12.7 Å². The van der Waals surface area contributed by atoms with Crippen molar-refractivity contribution in [2.24, 2.45) is 17.8 Å². The topological polar surface area (TPSA) is 101 Å². The highest BCUT2D eigenvalue weighted by Crippen LogP contribution is 2.64. The first-order valence-corrected chi connectivity index (χ1v) is 17.3. The van der Waals surface area contributed by atoms with E-state index in [2.05, 4.69) is 0 Å². The third-order valence-corrected chi connectivity index (χ3v) is 13.4. The summed E-state index contributed by atoms with van der Waals surface area (Å²) in [4.78, 5) is 26.9. The molecule has 8 nitrogen and oxygen atoms in total. The van der Waals surface area contributed by atoms with E-state index in [4.69, 9.17) is 23.7 Å². The van der Waals surface area contributed by atoms with E-state index >= 15 is 0 Å². The van der Waals surface area contributed by atoms with Gasteiger partial charge in [-0.1, -0.05) is 24.3 Å². The van der Waals surface area contributed by atoms with Gasteiger partial charge in [-0.05, 0) is 69.2 Å². The molecule has 0 amide bonds. The molecule has 1 aromatic heterocycles. The van der Waals surface area contributed by atoms with Crippen molar-refractivity contribution in [1.82, 2.24) is 0 Å². The van der Waals surface area contributed by atoms with Gasteiger partial charge in [-0.15, -0.1) is 0 Å². The Bertz CT molecular complexity index is 1940. The van der Waals surface area contributed by atoms with Crippen LogP contribution in [0.1, 0.15) is 48.0 Å². The SMILES string of the molecule is COc1cc(C(=O)O)c(-[s+]2c3ccccc3c3ccccc32)c(C)c1OC(=O)OC12CC3CC(C1)C1(OCC(F)(F)C(F)(F)CO1)C(C3)C2. The predicted octanol–water partition coefficient (Wildman–Crippen LogP) is 8.85. The van der Waals surface area contributed by atoms with Gasteiger partial charge >= 0.3 is 24.0 Å². The lowest BCUT2D eigenvalue weighted by atomic mass is 9.51. The number of carboxylic acids is 1. The Morgan fingerprint density at radius 2 is 1.43 bits per heavy atom. The zero-order valence-corrected chi connectivity index (χ0v) is 27.4. The first-order valence-electron chi connectivity index (χ1n) is 16.1. The number of ether oxygens (including phenoxy) is 5. The van der Waals surface area contributed by atoms with Crippen LogP contribution in [0.2, 0.25) is 0 Å². The molecule has 9 rings (SSSR count). The van der Waals surface area contributed by atoms with Crippen LogP contribution in [0.3, 0.4) is 0 Å². The zero-order chi connectivity index (χ0) is 34.5. The smallest absolute Gasteiger partial charge is 0.493 e.